The first kappa shape index (κ1) is 14.0. The van der Waals surface area contributed by atoms with Gasteiger partial charge in [-0.2, -0.15) is 0 Å². The molecule has 1 aromatic carbocycles. The number of carbonyl (C=O) groups excluding carboxylic acids is 1. The number of nitrogens with zero attached hydrogens (tertiary/aromatic N) is 1. The van der Waals surface area contributed by atoms with E-state index >= 15 is 0 Å². The Bertz CT molecular complexity index is 466. The van der Waals surface area contributed by atoms with Gasteiger partial charge >= 0.3 is 5.97 Å². The third-order valence-corrected chi connectivity index (χ3v) is 3.54. The van der Waals surface area contributed by atoms with Gasteiger partial charge in [0, 0.05) is 22.1 Å². The number of carboxylic acids is 1. The molecule has 6 heteroatoms. The lowest BCUT2D eigenvalue weighted by Crippen LogP contribution is -2.47. The molecule has 0 bridgehead atoms. The van der Waals surface area contributed by atoms with E-state index in [1.54, 1.807) is 18.2 Å². The average Bonchev–Trinajstić information content (AvgIpc) is 2.26. The maximum Gasteiger partial charge on any atom is 0.334 e. The fourth-order valence-corrected chi connectivity index (χ4v) is 2.30. The number of hydrogen-bond acceptors (Lipinski definition) is 2. The zero-order valence-corrected chi connectivity index (χ0v) is 11.6. The second-order valence-electron chi connectivity index (χ2n) is 3.72. The molecule has 0 aromatic heterocycles. The van der Waals surface area contributed by atoms with Crippen LogP contribution in [0.25, 0.3) is 0 Å². The van der Waals surface area contributed by atoms with Crippen LogP contribution in [0.2, 0.25) is 5.02 Å². The van der Waals surface area contributed by atoms with Crippen LogP contribution in [0.5, 0.6) is 0 Å². The van der Waals surface area contributed by atoms with Crippen LogP contribution in [-0.4, -0.2) is 29.4 Å². The largest absolute Gasteiger partial charge is 0.479 e. The number of benzene rings is 1. The van der Waals surface area contributed by atoms with E-state index in [-0.39, 0.29) is 5.02 Å². The van der Waals surface area contributed by atoms with Gasteiger partial charge in [0.05, 0.1) is 0 Å². The summed E-state index contributed by atoms with van der Waals surface area (Å²) < 4.78 is 0.743. The Morgan fingerprint density at radius 3 is 2.59 bits per heavy atom. The SMILES string of the molecule is CN(C=O)C(C)(C(=O)O)c1ccc(Br)cc1Cl. The van der Waals surface area contributed by atoms with E-state index in [2.05, 4.69) is 15.9 Å². The van der Waals surface area contributed by atoms with E-state index in [1.807, 2.05) is 0 Å². The van der Waals surface area contributed by atoms with Gasteiger partial charge in [0.2, 0.25) is 6.41 Å². The standard InChI is InChI=1S/C11H11BrClNO3/c1-11(10(16)17,14(2)6-15)8-4-3-7(12)5-9(8)13/h3-6H,1-2H3,(H,16,17). The molecule has 0 saturated heterocycles. The maximum atomic E-state index is 11.4. The molecule has 4 nitrogen and oxygen atoms in total. The minimum absolute atomic E-state index is 0.290. The number of halogens is 2. The van der Waals surface area contributed by atoms with Crippen molar-refractivity contribution in [3.63, 3.8) is 0 Å². The van der Waals surface area contributed by atoms with Crippen molar-refractivity contribution in [1.82, 2.24) is 4.90 Å². The summed E-state index contributed by atoms with van der Waals surface area (Å²) in [6.45, 7) is 1.43. The molecule has 0 fully saturated rings. The first-order valence-electron chi connectivity index (χ1n) is 4.71. The monoisotopic (exact) mass is 319 g/mol. The summed E-state index contributed by atoms with van der Waals surface area (Å²) in [4.78, 5) is 23.3. The van der Waals surface area contributed by atoms with Gasteiger partial charge < -0.3 is 10.0 Å². The highest BCUT2D eigenvalue weighted by atomic mass is 79.9. The number of carbonyl (C=O) groups is 2. The highest BCUT2D eigenvalue weighted by Crippen LogP contribution is 2.34. The molecule has 0 radical (unpaired) electrons. The van der Waals surface area contributed by atoms with Crippen LogP contribution in [-0.2, 0) is 15.1 Å². The van der Waals surface area contributed by atoms with Crippen LogP contribution in [0.4, 0.5) is 0 Å². The lowest BCUT2D eigenvalue weighted by atomic mass is 9.91. The van der Waals surface area contributed by atoms with Crippen LogP contribution >= 0.6 is 27.5 Å². The third kappa shape index (κ3) is 2.45. The van der Waals surface area contributed by atoms with Crippen LogP contribution in [0.3, 0.4) is 0 Å². The van der Waals surface area contributed by atoms with Crippen molar-refractivity contribution in [2.24, 2.45) is 0 Å². The van der Waals surface area contributed by atoms with Crippen molar-refractivity contribution in [3.05, 3.63) is 33.3 Å². The summed E-state index contributed by atoms with van der Waals surface area (Å²) in [5.41, 5.74) is -1.12. The van der Waals surface area contributed by atoms with Gasteiger partial charge in [-0.05, 0) is 19.1 Å². The smallest absolute Gasteiger partial charge is 0.334 e. The second-order valence-corrected chi connectivity index (χ2v) is 5.04. The first-order valence-corrected chi connectivity index (χ1v) is 5.88. The fraction of sp³-hybridized carbons (Fsp3) is 0.273. The molecular formula is C11H11BrClNO3. The predicted molar refractivity (Wildman–Crippen MR) is 68.0 cm³/mol. The third-order valence-electron chi connectivity index (χ3n) is 2.74. The van der Waals surface area contributed by atoms with Crippen molar-refractivity contribution in [1.29, 1.82) is 0 Å². The highest BCUT2D eigenvalue weighted by Gasteiger charge is 2.40. The van der Waals surface area contributed by atoms with E-state index in [4.69, 9.17) is 11.6 Å². The van der Waals surface area contributed by atoms with Gasteiger partial charge in [-0.3, -0.25) is 4.79 Å². The predicted octanol–water partition coefficient (Wildman–Crippen LogP) is 2.49. The maximum absolute atomic E-state index is 11.4. The second kappa shape index (κ2) is 5.06. The summed E-state index contributed by atoms with van der Waals surface area (Å²) in [5, 5.41) is 9.60. The molecule has 0 saturated carbocycles. The van der Waals surface area contributed by atoms with E-state index < -0.39 is 11.5 Å². The molecule has 0 heterocycles. The average molecular weight is 321 g/mol. The van der Waals surface area contributed by atoms with Gasteiger partial charge in [0.15, 0.2) is 5.54 Å². The van der Waals surface area contributed by atoms with E-state index in [9.17, 15) is 14.7 Å². The lowest BCUT2D eigenvalue weighted by Gasteiger charge is -2.33. The molecule has 0 aliphatic heterocycles. The normalized spacial score (nSPS) is 13.9. The van der Waals surface area contributed by atoms with Gasteiger partial charge in [-0.25, -0.2) is 4.79 Å². The molecule has 1 aromatic rings. The molecule has 0 aliphatic carbocycles. The van der Waals surface area contributed by atoms with Gasteiger partial charge in [0.25, 0.3) is 0 Å². The Labute approximate surface area is 112 Å². The molecule has 92 valence electrons. The summed E-state index contributed by atoms with van der Waals surface area (Å²) >= 11 is 9.26. The van der Waals surface area contributed by atoms with Crippen LogP contribution in [0.1, 0.15) is 12.5 Å². The Morgan fingerprint density at radius 1 is 1.59 bits per heavy atom. The number of hydrogen-bond donors (Lipinski definition) is 1. The molecule has 17 heavy (non-hydrogen) atoms. The topological polar surface area (TPSA) is 57.6 Å². The minimum Gasteiger partial charge on any atom is -0.479 e. The van der Waals surface area contributed by atoms with Crippen LogP contribution < -0.4 is 0 Å². The summed E-state index contributed by atoms with van der Waals surface area (Å²) in [5.74, 6) is -1.14. The molecular weight excluding hydrogens is 309 g/mol. The molecule has 1 unspecified atom stereocenters. The minimum atomic E-state index is -1.49. The molecule has 1 rings (SSSR count). The Hall–Kier alpha value is -1.07. The summed E-state index contributed by atoms with van der Waals surface area (Å²) in [7, 11) is 1.40. The quantitative estimate of drug-likeness (QED) is 0.867. The van der Waals surface area contributed by atoms with Crippen LogP contribution in [0.15, 0.2) is 22.7 Å². The Balaban J connectivity index is 3.42. The Kier molecular flexibility index (Phi) is 4.16. The fourth-order valence-electron chi connectivity index (χ4n) is 1.45. The van der Waals surface area contributed by atoms with Crippen molar-refractivity contribution in [2.75, 3.05) is 7.05 Å². The Morgan fingerprint density at radius 2 is 2.18 bits per heavy atom. The molecule has 1 atom stereocenters. The van der Waals surface area contributed by atoms with E-state index in [0.717, 1.165) is 9.37 Å². The number of carboxylic acid groups (broad SMARTS) is 1. The van der Waals surface area contributed by atoms with Gasteiger partial charge in [0.1, 0.15) is 0 Å². The molecule has 1 amide bonds. The molecule has 0 spiro atoms. The van der Waals surface area contributed by atoms with Crippen molar-refractivity contribution >= 4 is 39.9 Å². The molecule has 1 N–H and O–H groups in total. The van der Waals surface area contributed by atoms with Gasteiger partial charge in [-0.1, -0.05) is 33.6 Å². The number of likely N-dealkylation sites (N-methyl/N-ethyl adjacent to an activating group) is 1. The van der Waals surface area contributed by atoms with Crippen molar-refractivity contribution < 1.29 is 14.7 Å². The highest BCUT2D eigenvalue weighted by molar-refractivity contribution is 9.10. The summed E-state index contributed by atoms with van der Waals surface area (Å²) in [6, 6.07) is 4.86. The number of aliphatic carboxylic acids is 1. The summed E-state index contributed by atoms with van der Waals surface area (Å²) in [6.07, 6.45) is 0.465. The van der Waals surface area contributed by atoms with Crippen molar-refractivity contribution in [3.8, 4) is 0 Å². The number of amides is 1. The zero-order chi connectivity index (χ0) is 13.2. The zero-order valence-electron chi connectivity index (χ0n) is 9.28. The first-order chi connectivity index (χ1) is 7.83. The van der Waals surface area contributed by atoms with E-state index in [1.165, 1.54) is 14.0 Å². The molecule has 0 aliphatic rings. The number of rotatable bonds is 4. The van der Waals surface area contributed by atoms with Crippen LogP contribution in [0, 0.1) is 0 Å². The lowest BCUT2D eigenvalue weighted by molar-refractivity contribution is -0.153. The van der Waals surface area contributed by atoms with E-state index in [0.29, 0.717) is 12.0 Å². The van der Waals surface area contributed by atoms with Crippen molar-refractivity contribution in [2.45, 2.75) is 12.5 Å². The van der Waals surface area contributed by atoms with Gasteiger partial charge in [-0.15, -0.1) is 0 Å².